The number of nitrogens with zero attached hydrogens (tertiary/aromatic N) is 3. The van der Waals surface area contributed by atoms with Crippen molar-refractivity contribution in [3.05, 3.63) is 40.1 Å². The number of aromatic nitrogens is 3. The lowest BCUT2D eigenvalue weighted by molar-refractivity contribution is 0.0931. The summed E-state index contributed by atoms with van der Waals surface area (Å²) in [6.07, 6.45) is 3.08. The summed E-state index contributed by atoms with van der Waals surface area (Å²) in [5.74, 6) is 2.48. The molecule has 0 radical (unpaired) electrons. The highest BCUT2D eigenvalue weighted by Gasteiger charge is 2.23. The number of rotatable bonds is 5. The van der Waals surface area contributed by atoms with Gasteiger partial charge in [-0.2, -0.15) is 5.10 Å². The first kappa shape index (κ1) is 19.5. The van der Waals surface area contributed by atoms with Crippen LogP contribution in [0.5, 0.6) is 11.5 Å². The SMILES string of the molecule is CC(C)CCn1nc2n(c1=O)CCC(NC(=O)c1ccc3c(c1)OCCO3)CC2. The predicted octanol–water partition coefficient (Wildman–Crippen LogP) is 2.00. The molecule has 0 fully saturated rings. The molecular formula is C21H28N4O4. The van der Waals surface area contributed by atoms with Gasteiger partial charge in [-0.05, 0) is 43.4 Å². The maximum atomic E-state index is 12.7. The Hall–Kier alpha value is -2.77. The van der Waals surface area contributed by atoms with Crippen LogP contribution in [0.1, 0.15) is 49.3 Å². The summed E-state index contributed by atoms with van der Waals surface area (Å²) in [6.45, 7) is 6.51. The van der Waals surface area contributed by atoms with Gasteiger partial charge in [-0.1, -0.05) is 13.8 Å². The quantitative estimate of drug-likeness (QED) is 0.829. The molecular weight excluding hydrogens is 372 g/mol. The first-order valence-corrected chi connectivity index (χ1v) is 10.4. The van der Waals surface area contributed by atoms with Gasteiger partial charge in [0.1, 0.15) is 19.0 Å². The highest BCUT2D eigenvalue weighted by Crippen LogP contribution is 2.30. The van der Waals surface area contributed by atoms with E-state index in [2.05, 4.69) is 24.3 Å². The van der Waals surface area contributed by atoms with Gasteiger partial charge in [-0.25, -0.2) is 9.48 Å². The van der Waals surface area contributed by atoms with Crippen LogP contribution in [0.4, 0.5) is 0 Å². The van der Waals surface area contributed by atoms with E-state index in [1.165, 1.54) is 0 Å². The van der Waals surface area contributed by atoms with E-state index in [1.807, 2.05) is 0 Å². The highest BCUT2D eigenvalue weighted by atomic mass is 16.6. The number of amides is 1. The second-order valence-corrected chi connectivity index (χ2v) is 8.11. The van der Waals surface area contributed by atoms with Crippen LogP contribution in [0, 0.1) is 5.92 Å². The number of hydrogen-bond acceptors (Lipinski definition) is 5. The first-order chi connectivity index (χ1) is 14.0. The van der Waals surface area contributed by atoms with Gasteiger partial charge < -0.3 is 14.8 Å². The van der Waals surface area contributed by atoms with E-state index in [1.54, 1.807) is 27.4 Å². The Kier molecular flexibility index (Phi) is 5.60. The van der Waals surface area contributed by atoms with Crippen LogP contribution in [0.15, 0.2) is 23.0 Å². The van der Waals surface area contributed by atoms with Crippen molar-refractivity contribution in [3.63, 3.8) is 0 Å². The Balaban J connectivity index is 1.39. The monoisotopic (exact) mass is 400 g/mol. The first-order valence-electron chi connectivity index (χ1n) is 10.4. The fourth-order valence-corrected chi connectivity index (χ4v) is 3.75. The van der Waals surface area contributed by atoms with Gasteiger partial charge in [0.15, 0.2) is 11.5 Å². The Morgan fingerprint density at radius 3 is 2.83 bits per heavy atom. The number of nitrogens with one attached hydrogen (secondary N) is 1. The number of aryl methyl sites for hydroxylation is 2. The Morgan fingerprint density at radius 2 is 2.03 bits per heavy atom. The van der Waals surface area contributed by atoms with E-state index in [0.717, 1.165) is 18.7 Å². The molecule has 156 valence electrons. The van der Waals surface area contributed by atoms with Crippen LogP contribution >= 0.6 is 0 Å². The van der Waals surface area contributed by atoms with Crippen molar-refractivity contribution in [2.75, 3.05) is 13.2 Å². The predicted molar refractivity (Wildman–Crippen MR) is 108 cm³/mol. The van der Waals surface area contributed by atoms with E-state index in [9.17, 15) is 9.59 Å². The smallest absolute Gasteiger partial charge is 0.345 e. The molecule has 8 heteroatoms. The Bertz CT molecular complexity index is 947. The van der Waals surface area contributed by atoms with Gasteiger partial charge >= 0.3 is 5.69 Å². The van der Waals surface area contributed by atoms with E-state index in [0.29, 0.717) is 62.1 Å². The van der Waals surface area contributed by atoms with Gasteiger partial charge in [0.25, 0.3) is 5.91 Å². The highest BCUT2D eigenvalue weighted by molar-refractivity contribution is 5.95. The molecule has 0 aliphatic carbocycles. The van der Waals surface area contributed by atoms with E-state index < -0.39 is 0 Å². The van der Waals surface area contributed by atoms with Crippen molar-refractivity contribution in [2.24, 2.45) is 5.92 Å². The van der Waals surface area contributed by atoms with Crippen molar-refractivity contribution in [2.45, 2.75) is 58.7 Å². The molecule has 0 bridgehead atoms. The van der Waals surface area contributed by atoms with E-state index >= 15 is 0 Å². The minimum Gasteiger partial charge on any atom is -0.486 e. The molecule has 1 N–H and O–H groups in total. The van der Waals surface area contributed by atoms with E-state index in [-0.39, 0.29) is 17.6 Å². The van der Waals surface area contributed by atoms with Crippen molar-refractivity contribution in [3.8, 4) is 11.5 Å². The van der Waals surface area contributed by atoms with Crippen LogP contribution in [-0.4, -0.2) is 39.5 Å². The van der Waals surface area contributed by atoms with Gasteiger partial charge in [0.05, 0.1) is 0 Å². The molecule has 0 saturated heterocycles. The fraction of sp³-hybridized carbons (Fsp3) is 0.571. The van der Waals surface area contributed by atoms with Crippen molar-refractivity contribution >= 4 is 5.91 Å². The third kappa shape index (κ3) is 4.31. The molecule has 1 unspecified atom stereocenters. The van der Waals surface area contributed by atoms with Crippen LogP contribution < -0.4 is 20.5 Å². The summed E-state index contributed by atoms with van der Waals surface area (Å²) < 4.78 is 14.4. The number of ether oxygens (including phenoxy) is 2. The number of carbonyl (C=O) groups is 1. The molecule has 1 amide bonds. The standard InChI is InChI=1S/C21H28N4O4/c1-14(2)7-10-25-21(27)24-9-8-16(4-6-19(24)23-25)22-20(26)15-3-5-17-18(13-15)29-12-11-28-17/h3,5,13-14,16H,4,6-12H2,1-2H3,(H,22,26). The second-order valence-electron chi connectivity index (χ2n) is 8.11. The van der Waals surface area contributed by atoms with Crippen molar-refractivity contribution < 1.29 is 14.3 Å². The molecule has 29 heavy (non-hydrogen) atoms. The zero-order chi connectivity index (χ0) is 20.4. The van der Waals surface area contributed by atoms with Gasteiger partial charge in [0.2, 0.25) is 0 Å². The summed E-state index contributed by atoms with van der Waals surface area (Å²) in [5.41, 5.74) is 0.506. The second kappa shape index (κ2) is 8.31. The largest absolute Gasteiger partial charge is 0.486 e. The molecule has 1 aromatic heterocycles. The summed E-state index contributed by atoms with van der Waals surface area (Å²) in [5, 5.41) is 7.62. The molecule has 1 atom stereocenters. The van der Waals surface area contributed by atoms with Crippen molar-refractivity contribution in [1.29, 1.82) is 0 Å². The van der Waals surface area contributed by atoms with E-state index in [4.69, 9.17) is 9.47 Å². The molecule has 3 heterocycles. The zero-order valence-corrected chi connectivity index (χ0v) is 17.0. The van der Waals surface area contributed by atoms with Gasteiger partial charge in [-0.15, -0.1) is 0 Å². The number of carbonyl (C=O) groups excluding carboxylic acids is 1. The van der Waals surface area contributed by atoms with Crippen LogP contribution in [0.3, 0.4) is 0 Å². The van der Waals surface area contributed by atoms with Crippen LogP contribution in [0.25, 0.3) is 0 Å². The lowest BCUT2D eigenvalue weighted by atomic mass is 10.1. The molecule has 8 nitrogen and oxygen atoms in total. The molecule has 4 rings (SSSR count). The zero-order valence-electron chi connectivity index (χ0n) is 17.0. The van der Waals surface area contributed by atoms with Crippen LogP contribution in [-0.2, 0) is 19.5 Å². The lowest BCUT2D eigenvalue weighted by Gasteiger charge is -2.20. The molecule has 0 saturated carbocycles. The third-order valence-electron chi connectivity index (χ3n) is 5.47. The van der Waals surface area contributed by atoms with Gasteiger partial charge in [-0.3, -0.25) is 9.36 Å². The summed E-state index contributed by atoms with van der Waals surface area (Å²) in [4.78, 5) is 25.3. The third-order valence-corrected chi connectivity index (χ3v) is 5.47. The number of benzene rings is 1. The molecule has 2 aliphatic heterocycles. The number of fused-ring (bicyclic) bond motifs is 2. The van der Waals surface area contributed by atoms with Crippen molar-refractivity contribution in [1.82, 2.24) is 19.7 Å². The molecule has 2 aliphatic rings. The molecule has 0 spiro atoms. The summed E-state index contributed by atoms with van der Waals surface area (Å²) in [7, 11) is 0. The minimum atomic E-state index is -0.138. The minimum absolute atomic E-state index is 0.000847. The summed E-state index contributed by atoms with van der Waals surface area (Å²) >= 11 is 0. The maximum absolute atomic E-state index is 12.7. The average Bonchev–Trinajstić information content (AvgIpc) is 2.88. The average molecular weight is 400 g/mol. The lowest BCUT2D eigenvalue weighted by Crippen LogP contribution is -2.36. The maximum Gasteiger partial charge on any atom is 0.345 e. The number of hydrogen-bond donors (Lipinski definition) is 1. The topological polar surface area (TPSA) is 87.4 Å². The molecule has 1 aromatic carbocycles. The summed E-state index contributed by atoms with van der Waals surface area (Å²) in [6, 6.07) is 5.24. The Labute approximate surface area is 169 Å². The van der Waals surface area contributed by atoms with Crippen LogP contribution in [0.2, 0.25) is 0 Å². The Morgan fingerprint density at radius 1 is 1.24 bits per heavy atom. The fourth-order valence-electron chi connectivity index (χ4n) is 3.75. The van der Waals surface area contributed by atoms with Gasteiger partial charge in [0, 0.05) is 31.1 Å². The normalized spacial score (nSPS) is 18.2. The molecule has 2 aromatic rings.